The van der Waals surface area contributed by atoms with Crippen molar-refractivity contribution in [2.45, 2.75) is 71.6 Å². The second-order valence-electron chi connectivity index (χ2n) is 12.0. The van der Waals surface area contributed by atoms with Crippen LogP contribution < -0.4 is 4.74 Å². The number of rotatable bonds is 5. The lowest BCUT2D eigenvalue weighted by molar-refractivity contribution is -0.152. The summed E-state index contributed by atoms with van der Waals surface area (Å²) < 4.78 is 12.9. The topological polar surface area (TPSA) is 18.5 Å². The van der Waals surface area contributed by atoms with E-state index in [1.54, 1.807) is 7.11 Å². The van der Waals surface area contributed by atoms with Crippen LogP contribution in [-0.4, -0.2) is 13.9 Å². The minimum absolute atomic E-state index is 0.179. The van der Waals surface area contributed by atoms with Crippen LogP contribution in [0.4, 0.5) is 0 Å². The van der Waals surface area contributed by atoms with Gasteiger partial charge in [0.05, 0.1) is 0 Å². The highest BCUT2D eigenvalue weighted by atomic mass is 79.9. The van der Waals surface area contributed by atoms with Crippen LogP contribution in [0.25, 0.3) is 11.1 Å². The molecule has 2 nitrogen and oxygen atoms in total. The van der Waals surface area contributed by atoms with Gasteiger partial charge in [-0.15, -0.1) is 0 Å². The fourth-order valence-corrected chi connectivity index (χ4v) is 9.40. The predicted molar refractivity (Wildman–Crippen MR) is 131 cm³/mol. The number of halogens is 1. The van der Waals surface area contributed by atoms with Crippen molar-refractivity contribution in [1.82, 2.24) is 0 Å². The van der Waals surface area contributed by atoms with Crippen LogP contribution in [0.1, 0.15) is 70.4 Å². The highest BCUT2D eigenvalue weighted by Crippen LogP contribution is 2.74. The van der Waals surface area contributed by atoms with Gasteiger partial charge in [-0.25, -0.2) is 0 Å². The summed E-state index contributed by atoms with van der Waals surface area (Å²) in [6.07, 6.45) is 7.92. The molecule has 0 N–H and O–H groups in total. The van der Waals surface area contributed by atoms with Crippen molar-refractivity contribution in [1.29, 1.82) is 0 Å². The lowest BCUT2D eigenvalue weighted by atomic mass is 9.35. The SMILES string of the molecule is COCOc1c(-c2ccccc2Br)cc(C)cc1C12CC3(C)CC(C)(CC(C)(C3)C1)C2. The van der Waals surface area contributed by atoms with Crippen molar-refractivity contribution in [2.75, 3.05) is 13.9 Å². The van der Waals surface area contributed by atoms with E-state index in [2.05, 4.69) is 80.0 Å². The van der Waals surface area contributed by atoms with Crippen LogP contribution in [0.5, 0.6) is 5.75 Å². The Morgan fingerprint density at radius 2 is 1.42 bits per heavy atom. The molecule has 2 aromatic rings. The lowest BCUT2D eigenvalue weighted by Gasteiger charge is -2.69. The maximum Gasteiger partial charge on any atom is 0.188 e. The zero-order valence-electron chi connectivity index (χ0n) is 19.6. The Kier molecular flexibility index (Phi) is 4.92. The van der Waals surface area contributed by atoms with E-state index in [0.29, 0.717) is 16.2 Å². The van der Waals surface area contributed by atoms with Gasteiger partial charge >= 0.3 is 0 Å². The molecule has 31 heavy (non-hydrogen) atoms. The van der Waals surface area contributed by atoms with E-state index in [1.807, 2.05) is 0 Å². The molecule has 4 aliphatic carbocycles. The van der Waals surface area contributed by atoms with E-state index in [1.165, 1.54) is 60.8 Å². The van der Waals surface area contributed by atoms with Gasteiger partial charge in [-0.3, -0.25) is 0 Å². The summed E-state index contributed by atoms with van der Waals surface area (Å²) in [6, 6.07) is 13.2. The van der Waals surface area contributed by atoms with Crippen LogP contribution in [0, 0.1) is 23.2 Å². The van der Waals surface area contributed by atoms with Crippen LogP contribution >= 0.6 is 15.9 Å². The molecule has 2 aromatic carbocycles. The van der Waals surface area contributed by atoms with Gasteiger partial charge < -0.3 is 9.47 Å². The monoisotopic (exact) mass is 482 g/mol. The van der Waals surface area contributed by atoms with Crippen molar-refractivity contribution >= 4 is 15.9 Å². The Morgan fingerprint density at radius 3 is 1.97 bits per heavy atom. The summed E-state index contributed by atoms with van der Waals surface area (Å²) in [5.41, 5.74) is 6.54. The van der Waals surface area contributed by atoms with E-state index >= 15 is 0 Å². The largest absolute Gasteiger partial charge is 0.467 e. The average Bonchev–Trinajstić information content (AvgIpc) is 2.63. The van der Waals surface area contributed by atoms with E-state index in [-0.39, 0.29) is 12.2 Å². The number of hydrogen-bond acceptors (Lipinski definition) is 2. The Morgan fingerprint density at radius 1 is 0.839 bits per heavy atom. The normalized spacial score (nSPS) is 36.1. The van der Waals surface area contributed by atoms with Crippen molar-refractivity contribution in [3.63, 3.8) is 0 Å². The molecule has 3 heteroatoms. The van der Waals surface area contributed by atoms with Gasteiger partial charge in [0.2, 0.25) is 0 Å². The van der Waals surface area contributed by atoms with Crippen LogP contribution in [0.3, 0.4) is 0 Å². The zero-order valence-corrected chi connectivity index (χ0v) is 21.2. The van der Waals surface area contributed by atoms with Crippen molar-refractivity contribution in [3.05, 3.63) is 52.0 Å². The molecule has 0 unspecified atom stereocenters. The van der Waals surface area contributed by atoms with Crippen LogP contribution in [0.15, 0.2) is 40.9 Å². The molecular weight excluding hydrogens is 448 g/mol. The molecule has 0 aliphatic heterocycles. The average molecular weight is 483 g/mol. The second-order valence-corrected chi connectivity index (χ2v) is 12.8. The molecule has 0 aromatic heterocycles. The van der Waals surface area contributed by atoms with Gasteiger partial charge in [0.1, 0.15) is 5.75 Å². The molecule has 6 rings (SSSR count). The first-order valence-corrected chi connectivity index (χ1v) is 12.4. The van der Waals surface area contributed by atoms with Gasteiger partial charge in [0, 0.05) is 28.1 Å². The third kappa shape index (κ3) is 3.56. The number of methoxy groups -OCH3 is 1. The molecular formula is C28H35BrO2. The highest BCUT2D eigenvalue weighted by Gasteiger charge is 2.64. The third-order valence-corrected chi connectivity index (χ3v) is 8.84. The molecule has 4 saturated carbocycles. The number of hydrogen-bond donors (Lipinski definition) is 0. The van der Waals surface area contributed by atoms with Gasteiger partial charge in [-0.2, -0.15) is 0 Å². The highest BCUT2D eigenvalue weighted by molar-refractivity contribution is 9.10. The molecule has 4 aliphatic rings. The summed E-state index contributed by atoms with van der Waals surface area (Å²) in [5, 5.41) is 0. The van der Waals surface area contributed by atoms with Crippen LogP contribution in [-0.2, 0) is 10.2 Å². The van der Waals surface area contributed by atoms with Gasteiger partial charge in [-0.05, 0) is 85.0 Å². The number of aryl methyl sites for hydroxylation is 1. The first kappa shape index (κ1) is 21.5. The van der Waals surface area contributed by atoms with Crippen molar-refractivity contribution in [2.24, 2.45) is 16.2 Å². The van der Waals surface area contributed by atoms with E-state index < -0.39 is 0 Å². The predicted octanol–water partition coefficient (Wildman–Crippen LogP) is 8.05. The summed E-state index contributed by atoms with van der Waals surface area (Å²) in [4.78, 5) is 0. The molecule has 0 heterocycles. The Balaban J connectivity index is 1.74. The lowest BCUT2D eigenvalue weighted by Crippen LogP contribution is -2.60. The molecule has 0 spiro atoms. The Bertz CT molecular complexity index is 972. The quantitative estimate of drug-likeness (QED) is 0.401. The minimum Gasteiger partial charge on any atom is -0.467 e. The third-order valence-electron chi connectivity index (χ3n) is 8.15. The van der Waals surface area contributed by atoms with E-state index in [0.717, 1.165) is 10.2 Å². The Labute approximate surface area is 195 Å². The smallest absolute Gasteiger partial charge is 0.188 e. The second kappa shape index (κ2) is 7.09. The molecule has 0 amide bonds. The number of ether oxygens (including phenoxy) is 2. The summed E-state index contributed by atoms with van der Waals surface area (Å²) in [6.45, 7) is 10.2. The van der Waals surface area contributed by atoms with Crippen LogP contribution in [0.2, 0.25) is 0 Å². The maximum atomic E-state index is 6.43. The molecule has 0 radical (unpaired) electrons. The fraction of sp³-hybridized carbons (Fsp3) is 0.571. The summed E-state index contributed by atoms with van der Waals surface area (Å²) in [7, 11) is 1.71. The molecule has 0 saturated heterocycles. The first-order valence-electron chi connectivity index (χ1n) is 11.6. The Hall–Kier alpha value is -1.32. The van der Waals surface area contributed by atoms with Gasteiger partial charge in [0.25, 0.3) is 0 Å². The maximum absolute atomic E-state index is 6.43. The van der Waals surface area contributed by atoms with E-state index in [4.69, 9.17) is 9.47 Å². The number of benzene rings is 2. The fourth-order valence-electron chi connectivity index (χ4n) is 8.90. The minimum atomic E-state index is 0.179. The van der Waals surface area contributed by atoms with Crippen molar-refractivity contribution in [3.8, 4) is 16.9 Å². The molecule has 166 valence electrons. The zero-order chi connectivity index (χ0) is 22.1. The van der Waals surface area contributed by atoms with Gasteiger partial charge in [0.15, 0.2) is 6.79 Å². The molecule has 4 bridgehead atoms. The van der Waals surface area contributed by atoms with Crippen molar-refractivity contribution < 1.29 is 9.47 Å². The van der Waals surface area contributed by atoms with Gasteiger partial charge in [-0.1, -0.05) is 61.0 Å². The van der Waals surface area contributed by atoms with E-state index in [9.17, 15) is 0 Å². The summed E-state index contributed by atoms with van der Waals surface area (Å²) >= 11 is 3.79. The standard InChI is InChI=1S/C28H35BrO2/c1-19-10-21(20-8-6-7-9-23(20)29)24(31-18-30-5)22(11-19)28-15-25(2)12-26(3,16-28)14-27(4,13-25)17-28/h6-11H,12-18H2,1-5H3. The molecule has 4 fully saturated rings. The first-order chi connectivity index (χ1) is 14.6. The molecule has 0 atom stereocenters. The summed E-state index contributed by atoms with van der Waals surface area (Å²) in [5.74, 6) is 1.03.